The summed E-state index contributed by atoms with van der Waals surface area (Å²) < 4.78 is 10.9. The van der Waals surface area contributed by atoms with Gasteiger partial charge in [0.2, 0.25) is 0 Å². The second-order valence-electron chi connectivity index (χ2n) is 4.52. The Balaban J connectivity index is 2.51. The molecule has 0 spiro atoms. The van der Waals surface area contributed by atoms with E-state index in [2.05, 4.69) is 5.32 Å². The highest BCUT2D eigenvalue weighted by molar-refractivity contribution is 4.80. The summed E-state index contributed by atoms with van der Waals surface area (Å²) in [5.41, 5.74) is 0. The fourth-order valence-corrected chi connectivity index (χ4v) is 1.43. The zero-order valence-corrected chi connectivity index (χ0v) is 9.41. The van der Waals surface area contributed by atoms with Crippen LogP contribution in [-0.4, -0.2) is 42.3 Å². The molecule has 0 saturated carbocycles. The van der Waals surface area contributed by atoms with Crippen LogP contribution < -0.4 is 5.32 Å². The molecule has 1 fully saturated rings. The van der Waals surface area contributed by atoms with E-state index in [9.17, 15) is 5.11 Å². The van der Waals surface area contributed by atoms with Gasteiger partial charge in [0.15, 0.2) is 5.79 Å². The normalized spacial score (nSPS) is 33.0. The van der Waals surface area contributed by atoms with Gasteiger partial charge in [-0.3, -0.25) is 0 Å². The molecule has 4 heteroatoms. The van der Waals surface area contributed by atoms with Crippen LogP contribution in [0.4, 0.5) is 0 Å². The maximum absolute atomic E-state index is 9.76. The summed E-state index contributed by atoms with van der Waals surface area (Å²) in [5, 5.41) is 13.0. The third-order valence-electron chi connectivity index (χ3n) is 2.22. The van der Waals surface area contributed by atoms with E-state index in [0.29, 0.717) is 19.3 Å². The van der Waals surface area contributed by atoms with Gasteiger partial charge in [0, 0.05) is 6.04 Å². The van der Waals surface area contributed by atoms with Crippen LogP contribution in [0.2, 0.25) is 0 Å². The topological polar surface area (TPSA) is 50.7 Å². The molecule has 0 aliphatic carbocycles. The monoisotopic (exact) mass is 203 g/mol. The number of aliphatic hydroxyl groups excluding tert-OH is 1. The van der Waals surface area contributed by atoms with Crippen LogP contribution in [-0.2, 0) is 9.47 Å². The van der Waals surface area contributed by atoms with E-state index in [1.807, 2.05) is 27.7 Å². The van der Waals surface area contributed by atoms with E-state index in [4.69, 9.17) is 9.47 Å². The summed E-state index contributed by atoms with van der Waals surface area (Å²) in [4.78, 5) is 0. The number of ether oxygens (including phenoxy) is 2. The summed E-state index contributed by atoms with van der Waals surface area (Å²) >= 11 is 0. The van der Waals surface area contributed by atoms with Gasteiger partial charge in [0.1, 0.15) is 0 Å². The lowest BCUT2D eigenvalue weighted by Gasteiger charge is -2.23. The van der Waals surface area contributed by atoms with Gasteiger partial charge in [-0.1, -0.05) is 13.8 Å². The fraction of sp³-hybridized carbons (Fsp3) is 1.00. The van der Waals surface area contributed by atoms with Gasteiger partial charge in [0.25, 0.3) is 0 Å². The van der Waals surface area contributed by atoms with Gasteiger partial charge >= 0.3 is 0 Å². The van der Waals surface area contributed by atoms with Crippen LogP contribution in [0.3, 0.4) is 0 Å². The van der Waals surface area contributed by atoms with Crippen LogP contribution in [0.5, 0.6) is 0 Å². The summed E-state index contributed by atoms with van der Waals surface area (Å²) in [6.45, 7) is 8.60. The Morgan fingerprint density at radius 1 is 1.29 bits per heavy atom. The van der Waals surface area contributed by atoms with Crippen LogP contribution >= 0.6 is 0 Å². The molecule has 0 aromatic carbocycles. The smallest absolute Gasteiger partial charge is 0.162 e. The molecular weight excluding hydrogens is 182 g/mol. The molecule has 1 heterocycles. The zero-order chi connectivity index (χ0) is 10.8. The number of rotatable bonds is 2. The maximum atomic E-state index is 9.76. The summed E-state index contributed by atoms with van der Waals surface area (Å²) in [6, 6.07) is 0.288. The lowest BCUT2D eigenvalue weighted by molar-refractivity contribution is -0.203. The molecule has 0 amide bonds. The van der Waals surface area contributed by atoms with E-state index in [1.165, 1.54) is 0 Å². The molecule has 0 radical (unpaired) electrons. The van der Waals surface area contributed by atoms with E-state index in [0.717, 1.165) is 0 Å². The predicted octanol–water partition coefficient (Wildman–Crippen LogP) is 0.497. The molecular formula is C10H21NO3. The minimum atomic E-state index is -0.589. The predicted molar refractivity (Wildman–Crippen MR) is 54.0 cm³/mol. The minimum Gasteiger partial charge on any atom is -0.389 e. The number of hydrogen-bond donors (Lipinski definition) is 2. The molecule has 1 rings (SSSR count). The Morgan fingerprint density at radius 2 is 1.86 bits per heavy atom. The molecule has 4 nitrogen and oxygen atoms in total. The number of nitrogens with one attached hydrogen (secondary N) is 1. The molecule has 1 aliphatic heterocycles. The second-order valence-corrected chi connectivity index (χ2v) is 4.52. The lowest BCUT2D eigenvalue weighted by Crippen LogP contribution is -2.46. The van der Waals surface area contributed by atoms with Crippen molar-refractivity contribution in [2.24, 2.45) is 0 Å². The van der Waals surface area contributed by atoms with E-state index in [1.54, 1.807) is 0 Å². The SMILES string of the molecule is CC(C)N[C@H]1COC(C)(C)OC[C@@H]1O. The summed E-state index contributed by atoms with van der Waals surface area (Å²) in [5.74, 6) is -0.589. The van der Waals surface area contributed by atoms with E-state index >= 15 is 0 Å². The standard InChI is InChI=1S/C10H21NO3/c1-7(2)11-8-5-13-10(3,4)14-6-9(8)12/h7-9,11-12H,5-6H2,1-4H3/t8-,9-/m0/s1. The third-order valence-corrected chi connectivity index (χ3v) is 2.22. The fourth-order valence-electron chi connectivity index (χ4n) is 1.43. The Kier molecular flexibility index (Phi) is 3.89. The molecule has 1 aliphatic rings. The molecule has 0 aromatic heterocycles. The minimum absolute atomic E-state index is 0.0447. The first-order valence-electron chi connectivity index (χ1n) is 5.13. The van der Waals surface area contributed by atoms with Crippen molar-refractivity contribution in [2.45, 2.75) is 51.7 Å². The van der Waals surface area contributed by atoms with Gasteiger partial charge in [0.05, 0.1) is 25.4 Å². The van der Waals surface area contributed by atoms with Crippen molar-refractivity contribution in [2.75, 3.05) is 13.2 Å². The largest absolute Gasteiger partial charge is 0.389 e. The summed E-state index contributed by atoms with van der Waals surface area (Å²) in [7, 11) is 0. The van der Waals surface area contributed by atoms with Crippen LogP contribution in [0.15, 0.2) is 0 Å². The van der Waals surface area contributed by atoms with Crippen molar-refractivity contribution >= 4 is 0 Å². The van der Waals surface area contributed by atoms with Gasteiger partial charge in [-0.25, -0.2) is 0 Å². The molecule has 0 unspecified atom stereocenters. The first-order chi connectivity index (χ1) is 6.41. The van der Waals surface area contributed by atoms with Gasteiger partial charge in [-0.05, 0) is 13.8 Å². The average Bonchev–Trinajstić information content (AvgIpc) is 2.17. The van der Waals surface area contributed by atoms with Crippen molar-refractivity contribution in [3.8, 4) is 0 Å². The van der Waals surface area contributed by atoms with Crippen molar-refractivity contribution in [1.82, 2.24) is 5.32 Å². The maximum Gasteiger partial charge on any atom is 0.162 e. The van der Waals surface area contributed by atoms with Crippen LogP contribution in [0, 0.1) is 0 Å². The van der Waals surface area contributed by atoms with Crippen molar-refractivity contribution in [3.63, 3.8) is 0 Å². The molecule has 0 aromatic rings. The Hall–Kier alpha value is -0.160. The van der Waals surface area contributed by atoms with Gasteiger partial charge in [-0.2, -0.15) is 0 Å². The van der Waals surface area contributed by atoms with Crippen molar-refractivity contribution in [1.29, 1.82) is 0 Å². The molecule has 84 valence electrons. The highest BCUT2D eigenvalue weighted by Gasteiger charge is 2.31. The summed E-state index contributed by atoms with van der Waals surface area (Å²) in [6.07, 6.45) is -0.501. The van der Waals surface area contributed by atoms with Crippen LogP contribution in [0.1, 0.15) is 27.7 Å². The van der Waals surface area contributed by atoms with Gasteiger partial charge in [-0.15, -0.1) is 0 Å². The van der Waals surface area contributed by atoms with E-state index < -0.39 is 11.9 Å². The number of hydrogen-bond acceptors (Lipinski definition) is 4. The van der Waals surface area contributed by atoms with Crippen LogP contribution in [0.25, 0.3) is 0 Å². The Labute approximate surface area is 85.6 Å². The van der Waals surface area contributed by atoms with Crippen molar-refractivity contribution in [3.05, 3.63) is 0 Å². The highest BCUT2D eigenvalue weighted by Crippen LogP contribution is 2.17. The van der Waals surface area contributed by atoms with Gasteiger partial charge < -0.3 is 19.9 Å². The molecule has 14 heavy (non-hydrogen) atoms. The molecule has 1 saturated heterocycles. The molecule has 0 bridgehead atoms. The Morgan fingerprint density at radius 3 is 2.43 bits per heavy atom. The molecule has 2 N–H and O–H groups in total. The second kappa shape index (κ2) is 4.57. The third kappa shape index (κ3) is 3.53. The Bertz CT molecular complexity index is 182. The first-order valence-corrected chi connectivity index (χ1v) is 5.13. The average molecular weight is 203 g/mol. The van der Waals surface area contributed by atoms with Crippen molar-refractivity contribution < 1.29 is 14.6 Å². The highest BCUT2D eigenvalue weighted by atomic mass is 16.7. The molecule has 2 atom stereocenters. The van der Waals surface area contributed by atoms with E-state index in [-0.39, 0.29) is 6.04 Å². The lowest BCUT2D eigenvalue weighted by atomic mass is 10.1. The first kappa shape index (κ1) is 11.9. The quantitative estimate of drug-likeness (QED) is 0.686. The number of aliphatic hydroxyl groups is 1. The zero-order valence-electron chi connectivity index (χ0n) is 9.41.